The molecule has 0 spiro atoms. The predicted octanol–water partition coefficient (Wildman–Crippen LogP) is 5.44. The van der Waals surface area contributed by atoms with Crippen LogP contribution in [0.25, 0.3) is 0 Å². The van der Waals surface area contributed by atoms with Gasteiger partial charge >= 0.3 is 0 Å². The second kappa shape index (κ2) is 11.2. The zero-order valence-corrected chi connectivity index (χ0v) is 22.7. The third-order valence-corrected chi connectivity index (χ3v) is 9.76. The Labute approximate surface area is 228 Å². The van der Waals surface area contributed by atoms with Crippen LogP contribution in [0.5, 0.6) is 0 Å². The summed E-state index contributed by atoms with van der Waals surface area (Å²) in [4.78, 5) is 19.7. The van der Waals surface area contributed by atoms with Crippen LogP contribution in [0.1, 0.15) is 66.8 Å². The topological polar surface area (TPSA) is 94.4 Å². The average Bonchev–Trinajstić information content (AvgIpc) is 2.93. The van der Waals surface area contributed by atoms with Crippen LogP contribution in [-0.4, -0.2) is 36.2 Å². The van der Waals surface area contributed by atoms with Gasteiger partial charge in [-0.1, -0.05) is 43.5 Å². The molecule has 0 bridgehead atoms. The summed E-state index contributed by atoms with van der Waals surface area (Å²) in [6, 6.07) is 16.1. The number of rotatable bonds is 7. The number of hydrogen-bond acceptors (Lipinski definition) is 5. The molecule has 1 atom stereocenters. The summed E-state index contributed by atoms with van der Waals surface area (Å²) in [6.07, 6.45) is 8.33. The highest BCUT2D eigenvalue weighted by Gasteiger charge is 2.45. The molecule has 1 saturated heterocycles. The third kappa shape index (κ3) is 5.45. The Morgan fingerprint density at radius 3 is 2.46 bits per heavy atom. The highest BCUT2D eigenvalue weighted by Crippen LogP contribution is 2.33. The number of anilines is 1. The molecule has 39 heavy (non-hydrogen) atoms. The van der Waals surface area contributed by atoms with Crippen molar-refractivity contribution in [1.29, 1.82) is 5.26 Å². The van der Waals surface area contributed by atoms with Gasteiger partial charge in [0, 0.05) is 24.0 Å². The van der Waals surface area contributed by atoms with Gasteiger partial charge in [0.15, 0.2) is 0 Å². The molecule has 1 aromatic heterocycles. The fraction of sp³-hybridized carbons (Fsp3) is 0.367. The molecule has 1 saturated carbocycles. The average molecular weight is 547 g/mol. The van der Waals surface area contributed by atoms with Crippen molar-refractivity contribution in [2.24, 2.45) is 0 Å². The van der Waals surface area contributed by atoms with Gasteiger partial charge in [0.05, 0.1) is 28.8 Å². The Bertz CT molecular complexity index is 1500. The molecule has 0 unspecified atom stereocenters. The fourth-order valence-corrected chi connectivity index (χ4v) is 7.07. The molecule has 202 valence electrons. The standard InChI is InChI=1S/C30H31FN4O3S/c1-21-24(18-32)16-27(17-28(21)31)39(37,38)35-15-14-29(35)30(36)34(26-10-6-3-7-11-26)20-25-13-12-23(19-33-25)22-8-4-2-5-9-22/h3,6-7,10-13,16-17,19,22,29H,2,4-5,8-9,14-15,20H2,1H3/t29-/m1/s1. The molecule has 2 aromatic carbocycles. The molecule has 2 aliphatic rings. The lowest BCUT2D eigenvalue weighted by molar-refractivity contribution is -0.125. The molecule has 0 N–H and O–H groups in total. The summed E-state index contributed by atoms with van der Waals surface area (Å²) in [5.41, 5.74) is 2.60. The van der Waals surface area contributed by atoms with E-state index in [1.54, 1.807) is 17.0 Å². The van der Waals surface area contributed by atoms with Crippen molar-refractivity contribution in [3.63, 3.8) is 0 Å². The van der Waals surface area contributed by atoms with Crippen molar-refractivity contribution in [2.45, 2.75) is 68.8 Å². The van der Waals surface area contributed by atoms with Crippen LogP contribution in [0, 0.1) is 24.1 Å². The number of para-hydroxylation sites is 1. The zero-order valence-electron chi connectivity index (χ0n) is 21.9. The molecule has 2 fully saturated rings. The Hall–Kier alpha value is -3.61. The lowest BCUT2D eigenvalue weighted by Gasteiger charge is -2.41. The SMILES string of the molecule is Cc1c(F)cc(S(=O)(=O)N2CC[C@@H]2C(=O)N(Cc2ccc(C3CCCCC3)cn2)c2ccccc2)cc1C#N. The number of aromatic nitrogens is 1. The molecule has 1 aliphatic heterocycles. The lowest BCUT2D eigenvalue weighted by Crippen LogP contribution is -2.59. The summed E-state index contributed by atoms with van der Waals surface area (Å²) >= 11 is 0. The largest absolute Gasteiger partial charge is 0.305 e. The van der Waals surface area contributed by atoms with E-state index in [1.807, 2.05) is 36.5 Å². The van der Waals surface area contributed by atoms with Crippen LogP contribution in [0.2, 0.25) is 0 Å². The summed E-state index contributed by atoms with van der Waals surface area (Å²) in [7, 11) is -4.20. The van der Waals surface area contributed by atoms with Crippen LogP contribution in [0.15, 0.2) is 65.7 Å². The zero-order chi connectivity index (χ0) is 27.6. The highest BCUT2D eigenvalue weighted by atomic mass is 32.2. The second-order valence-electron chi connectivity index (χ2n) is 10.3. The van der Waals surface area contributed by atoms with Crippen molar-refractivity contribution in [1.82, 2.24) is 9.29 Å². The van der Waals surface area contributed by atoms with E-state index < -0.39 is 21.9 Å². The number of sulfonamides is 1. The number of carbonyl (C=O) groups is 1. The third-order valence-electron chi connectivity index (χ3n) is 7.88. The first-order valence-corrected chi connectivity index (χ1v) is 14.8. The summed E-state index contributed by atoms with van der Waals surface area (Å²) in [5, 5.41) is 9.32. The number of carbonyl (C=O) groups excluding carboxylic acids is 1. The van der Waals surface area contributed by atoms with E-state index in [9.17, 15) is 22.9 Å². The first-order valence-electron chi connectivity index (χ1n) is 13.3. The van der Waals surface area contributed by atoms with Gasteiger partial charge in [-0.25, -0.2) is 12.8 Å². The van der Waals surface area contributed by atoms with Crippen molar-refractivity contribution in [2.75, 3.05) is 11.4 Å². The van der Waals surface area contributed by atoms with Crippen LogP contribution in [0.4, 0.5) is 10.1 Å². The highest BCUT2D eigenvalue weighted by molar-refractivity contribution is 7.89. The number of hydrogen-bond donors (Lipinski definition) is 0. The Balaban J connectivity index is 1.40. The van der Waals surface area contributed by atoms with E-state index in [2.05, 4.69) is 11.1 Å². The van der Waals surface area contributed by atoms with Gasteiger partial charge in [0.1, 0.15) is 11.9 Å². The van der Waals surface area contributed by atoms with Gasteiger partial charge in [0.25, 0.3) is 0 Å². The van der Waals surface area contributed by atoms with E-state index in [1.165, 1.54) is 50.7 Å². The number of benzene rings is 2. The quantitative estimate of drug-likeness (QED) is 0.393. The number of amides is 1. The molecule has 1 amide bonds. The van der Waals surface area contributed by atoms with Gasteiger partial charge in [-0.05, 0) is 68.0 Å². The van der Waals surface area contributed by atoms with E-state index in [0.717, 1.165) is 10.4 Å². The van der Waals surface area contributed by atoms with Crippen molar-refractivity contribution >= 4 is 21.6 Å². The van der Waals surface area contributed by atoms with Gasteiger partial charge in [-0.3, -0.25) is 9.78 Å². The van der Waals surface area contributed by atoms with Gasteiger partial charge in [-0.15, -0.1) is 0 Å². The Morgan fingerprint density at radius 1 is 1.10 bits per heavy atom. The maximum Gasteiger partial charge on any atom is 0.245 e. The van der Waals surface area contributed by atoms with E-state index in [4.69, 9.17) is 0 Å². The van der Waals surface area contributed by atoms with E-state index >= 15 is 0 Å². The van der Waals surface area contributed by atoms with Crippen molar-refractivity contribution < 1.29 is 17.6 Å². The molecule has 7 nitrogen and oxygen atoms in total. The summed E-state index contributed by atoms with van der Waals surface area (Å²) in [6.45, 7) is 1.75. The minimum absolute atomic E-state index is 0.0503. The van der Waals surface area contributed by atoms with Crippen molar-refractivity contribution in [3.8, 4) is 6.07 Å². The molecular formula is C30H31FN4O3S. The smallest absolute Gasteiger partial charge is 0.245 e. The Kier molecular flexibility index (Phi) is 7.78. The van der Waals surface area contributed by atoms with E-state index in [0.29, 0.717) is 23.7 Å². The second-order valence-corrected chi connectivity index (χ2v) is 12.2. The molecule has 5 rings (SSSR count). The first-order chi connectivity index (χ1) is 18.8. The van der Waals surface area contributed by atoms with Crippen LogP contribution in [-0.2, 0) is 21.4 Å². The fourth-order valence-electron chi connectivity index (χ4n) is 5.41. The molecule has 9 heteroatoms. The molecule has 3 aromatic rings. The van der Waals surface area contributed by atoms with Crippen LogP contribution >= 0.6 is 0 Å². The summed E-state index contributed by atoms with van der Waals surface area (Å²) < 4.78 is 42.4. The van der Waals surface area contributed by atoms with E-state index in [-0.39, 0.29) is 35.0 Å². The van der Waals surface area contributed by atoms with Crippen LogP contribution < -0.4 is 4.90 Å². The molecule has 1 aliphatic carbocycles. The minimum Gasteiger partial charge on any atom is -0.305 e. The molecule has 0 radical (unpaired) electrons. The van der Waals surface area contributed by atoms with Gasteiger partial charge in [-0.2, -0.15) is 9.57 Å². The monoisotopic (exact) mass is 546 g/mol. The van der Waals surface area contributed by atoms with Crippen LogP contribution in [0.3, 0.4) is 0 Å². The minimum atomic E-state index is -4.20. The van der Waals surface area contributed by atoms with Gasteiger partial charge < -0.3 is 4.90 Å². The number of pyridine rings is 1. The van der Waals surface area contributed by atoms with Crippen molar-refractivity contribution in [3.05, 3.63) is 89.0 Å². The first kappa shape index (κ1) is 27.0. The molecular weight excluding hydrogens is 515 g/mol. The predicted molar refractivity (Wildman–Crippen MR) is 146 cm³/mol. The number of nitrogens with zero attached hydrogens (tertiary/aromatic N) is 4. The number of nitriles is 1. The maximum absolute atomic E-state index is 14.4. The van der Waals surface area contributed by atoms with Gasteiger partial charge in [0.2, 0.25) is 15.9 Å². The number of halogens is 1. The Morgan fingerprint density at radius 2 is 1.85 bits per heavy atom. The molecule has 2 heterocycles. The lowest BCUT2D eigenvalue weighted by atomic mass is 9.85. The summed E-state index contributed by atoms with van der Waals surface area (Å²) in [5.74, 6) is -0.624. The normalized spacial score (nSPS) is 18.2. The maximum atomic E-state index is 14.4.